The summed E-state index contributed by atoms with van der Waals surface area (Å²) in [6.45, 7) is 2.51. The van der Waals surface area contributed by atoms with Crippen LogP contribution in [0.15, 0.2) is 39.9 Å². The fraction of sp³-hybridized carbons (Fsp3) is 0.450. The number of hydrogen-bond acceptors (Lipinski definition) is 5. The highest BCUT2D eigenvalue weighted by Crippen LogP contribution is 2.19. The summed E-state index contributed by atoms with van der Waals surface area (Å²) >= 11 is 0. The lowest BCUT2D eigenvalue weighted by Crippen LogP contribution is -2.44. The number of nitrogen functional groups attached to an aromatic ring is 1. The summed E-state index contributed by atoms with van der Waals surface area (Å²) in [4.78, 5) is 41.2. The van der Waals surface area contributed by atoms with Gasteiger partial charge in [-0.2, -0.15) is 0 Å². The Kier molecular flexibility index (Phi) is 6.18. The van der Waals surface area contributed by atoms with Gasteiger partial charge in [-0.3, -0.25) is 19.1 Å². The minimum atomic E-state index is -0.581. The number of benzene rings is 1. The molecule has 0 atom stereocenters. The normalized spacial score (nSPS) is 14.2. The molecule has 1 aliphatic rings. The largest absolute Gasteiger partial charge is 0.383 e. The average Bonchev–Trinajstić information content (AvgIpc) is 3.17. The molecule has 0 spiro atoms. The van der Waals surface area contributed by atoms with Crippen molar-refractivity contribution in [2.24, 2.45) is 0 Å². The van der Waals surface area contributed by atoms with Gasteiger partial charge in [0.1, 0.15) is 11.5 Å². The summed E-state index contributed by atoms with van der Waals surface area (Å²) in [6, 6.07) is 9.58. The lowest BCUT2D eigenvalue weighted by molar-refractivity contribution is -0.120. The first-order valence-electron chi connectivity index (χ1n) is 9.70. The first-order valence-corrected chi connectivity index (χ1v) is 9.70. The molecule has 4 N–H and O–H groups in total. The summed E-state index contributed by atoms with van der Waals surface area (Å²) in [5.74, 6) is -0.0820. The number of H-pyrrole nitrogens is 1. The third-order valence-corrected chi connectivity index (χ3v) is 5.15. The van der Waals surface area contributed by atoms with Crippen molar-refractivity contribution < 1.29 is 4.79 Å². The highest BCUT2D eigenvalue weighted by atomic mass is 16.2. The molecule has 8 nitrogen and oxygen atoms in total. The van der Waals surface area contributed by atoms with Crippen LogP contribution in [0.25, 0.3) is 0 Å². The summed E-state index contributed by atoms with van der Waals surface area (Å²) in [7, 11) is 0. The third kappa shape index (κ3) is 4.44. The smallest absolute Gasteiger partial charge is 0.330 e. The van der Waals surface area contributed by atoms with Crippen LogP contribution in [0, 0.1) is 0 Å². The van der Waals surface area contributed by atoms with Gasteiger partial charge in [0.15, 0.2) is 0 Å². The Morgan fingerprint density at radius 2 is 1.93 bits per heavy atom. The van der Waals surface area contributed by atoms with E-state index in [1.54, 1.807) is 4.90 Å². The molecule has 8 heteroatoms. The zero-order valence-electron chi connectivity index (χ0n) is 16.1. The van der Waals surface area contributed by atoms with Crippen molar-refractivity contribution >= 4 is 17.4 Å². The SMILES string of the molecule is CCN(CC(=O)NC1CCCC1)c1c(N)n(Cc2ccccc2)c(=O)[nH]c1=O. The van der Waals surface area contributed by atoms with Crippen LogP contribution in [0.4, 0.5) is 11.5 Å². The maximum atomic E-state index is 12.5. The summed E-state index contributed by atoms with van der Waals surface area (Å²) < 4.78 is 1.32. The average molecular weight is 385 g/mol. The Hall–Kier alpha value is -3.03. The van der Waals surface area contributed by atoms with Crippen molar-refractivity contribution in [2.75, 3.05) is 23.7 Å². The Morgan fingerprint density at radius 3 is 2.57 bits per heavy atom. The number of likely N-dealkylation sites (N-methyl/N-ethyl adjacent to an activating group) is 1. The predicted molar refractivity (Wildman–Crippen MR) is 110 cm³/mol. The topological polar surface area (TPSA) is 113 Å². The van der Waals surface area contributed by atoms with Crippen molar-refractivity contribution in [3.8, 4) is 0 Å². The maximum absolute atomic E-state index is 12.5. The van der Waals surface area contributed by atoms with Crippen LogP contribution in [0.3, 0.4) is 0 Å². The van der Waals surface area contributed by atoms with Crippen molar-refractivity contribution in [3.63, 3.8) is 0 Å². The highest BCUT2D eigenvalue weighted by Gasteiger charge is 2.22. The van der Waals surface area contributed by atoms with Gasteiger partial charge in [-0.05, 0) is 25.3 Å². The van der Waals surface area contributed by atoms with E-state index in [9.17, 15) is 14.4 Å². The van der Waals surface area contributed by atoms with Gasteiger partial charge in [0.05, 0.1) is 13.1 Å². The minimum Gasteiger partial charge on any atom is -0.383 e. The molecule has 1 amide bonds. The first kappa shape index (κ1) is 19.7. The van der Waals surface area contributed by atoms with E-state index in [1.165, 1.54) is 4.57 Å². The summed E-state index contributed by atoms with van der Waals surface area (Å²) in [5, 5.41) is 3.02. The molecule has 1 aromatic heterocycles. The molecule has 1 aliphatic carbocycles. The van der Waals surface area contributed by atoms with Gasteiger partial charge in [0.25, 0.3) is 5.56 Å². The molecule has 1 saturated carbocycles. The van der Waals surface area contributed by atoms with E-state index in [-0.39, 0.29) is 36.5 Å². The second kappa shape index (κ2) is 8.77. The minimum absolute atomic E-state index is 0.0177. The standard InChI is InChI=1S/C20H27N5O3/c1-2-24(13-16(26)22-15-10-6-7-11-15)17-18(21)25(20(28)23-19(17)27)12-14-8-4-3-5-9-14/h3-5,8-9,15H,2,6-7,10-13,21H2,1H3,(H,22,26)(H,23,27,28). The number of carbonyl (C=O) groups is 1. The van der Waals surface area contributed by atoms with Gasteiger partial charge in [-0.25, -0.2) is 4.79 Å². The quantitative estimate of drug-likeness (QED) is 0.659. The van der Waals surface area contributed by atoms with Crippen molar-refractivity contribution in [1.29, 1.82) is 0 Å². The molecule has 1 aromatic carbocycles. The van der Waals surface area contributed by atoms with Crippen LogP contribution in [-0.2, 0) is 11.3 Å². The summed E-state index contributed by atoms with van der Waals surface area (Å²) in [5.41, 5.74) is 6.11. The zero-order valence-corrected chi connectivity index (χ0v) is 16.1. The number of nitrogens with zero attached hydrogens (tertiary/aromatic N) is 2. The lowest BCUT2D eigenvalue weighted by Gasteiger charge is -2.25. The fourth-order valence-corrected chi connectivity index (χ4v) is 3.67. The van der Waals surface area contributed by atoms with Gasteiger partial charge in [0, 0.05) is 12.6 Å². The van der Waals surface area contributed by atoms with Crippen molar-refractivity contribution in [1.82, 2.24) is 14.9 Å². The number of carbonyl (C=O) groups excluding carboxylic acids is 1. The monoisotopic (exact) mass is 385 g/mol. The van der Waals surface area contributed by atoms with Gasteiger partial charge < -0.3 is 16.0 Å². The molecule has 28 heavy (non-hydrogen) atoms. The fourth-order valence-electron chi connectivity index (χ4n) is 3.67. The molecule has 2 aromatic rings. The Morgan fingerprint density at radius 1 is 1.25 bits per heavy atom. The maximum Gasteiger partial charge on any atom is 0.330 e. The summed E-state index contributed by atoms with van der Waals surface area (Å²) in [6.07, 6.45) is 4.23. The molecule has 3 rings (SSSR count). The van der Waals surface area contributed by atoms with E-state index >= 15 is 0 Å². The van der Waals surface area contributed by atoms with Crippen molar-refractivity contribution in [3.05, 3.63) is 56.7 Å². The highest BCUT2D eigenvalue weighted by molar-refractivity contribution is 5.82. The van der Waals surface area contributed by atoms with Crippen LogP contribution >= 0.6 is 0 Å². The molecule has 1 fully saturated rings. The number of anilines is 2. The number of nitrogens with two attached hydrogens (primary N) is 1. The molecular weight excluding hydrogens is 358 g/mol. The molecule has 0 unspecified atom stereocenters. The van der Waals surface area contributed by atoms with E-state index in [4.69, 9.17) is 5.73 Å². The van der Waals surface area contributed by atoms with E-state index in [0.29, 0.717) is 6.54 Å². The van der Waals surface area contributed by atoms with Crippen LogP contribution < -0.4 is 27.2 Å². The van der Waals surface area contributed by atoms with Gasteiger partial charge in [0.2, 0.25) is 5.91 Å². The molecular formula is C20H27N5O3. The number of rotatable bonds is 7. The first-order chi connectivity index (χ1) is 13.5. The van der Waals surface area contributed by atoms with Crippen molar-refractivity contribution in [2.45, 2.75) is 45.2 Å². The van der Waals surface area contributed by atoms with Crippen LogP contribution in [0.2, 0.25) is 0 Å². The van der Waals surface area contributed by atoms with E-state index in [2.05, 4.69) is 10.3 Å². The second-order valence-corrected chi connectivity index (χ2v) is 7.13. The van der Waals surface area contributed by atoms with E-state index in [1.807, 2.05) is 37.3 Å². The van der Waals surface area contributed by atoms with E-state index in [0.717, 1.165) is 31.2 Å². The molecule has 1 heterocycles. The molecule has 0 saturated heterocycles. The zero-order chi connectivity index (χ0) is 20.1. The number of amides is 1. The molecule has 0 aliphatic heterocycles. The third-order valence-electron chi connectivity index (χ3n) is 5.15. The van der Waals surface area contributed by atoms with Gasteiger partial charge in [-0.15, -0.1) is 0 Å². The number of nitrogens with one attached hydrogen (secondary N) is 2. The van der Waals surface area contributed by atoms with E-state index < -0.39 is 11.2 Å². The molecule has 0 radical (unpaired) electrons. The number of aromatic nitrogens is 2. The van der Waals surface area contributed by atoms with Crippen LogP contribution in [0.1, 0.15) is 38.2 Å². The Labute approximate surface area is 163 Å². The second-order valence-electron chi connectivity index (χ2n) is 7.13. The van der Waals surface area contributed by atoms with Crippen LogP contribution in [0.5, 0.6) is 0 Å². The van der Waals surface area contributed by atoms with Gasteiger partial charge in [-0.1, -0.05) is 43.2 Å². The number of aromatic amines is 1. The Bertz CT molecular complexity index is 929. The lowest BCUT2D eigenvalue weighted by atomic mass is 10.2. The molecule has 150 valence electrons. The van der Waals surface area contributed by atoms with Crippen LogP contribution in [-0.4, -0.2) is 34.6 Å². The molecule has 0 bridgehead atoms. The van der Waals surface area contributed by atoms with Gasteiger partial charge >= 0.3 is 5.69 Å². The number of hydrogen-bond donors (Lipinski definition) is 3. The Balaban J connectivity index is 1.86. The predicted octanol–water partition coefficient (Wildman–Crippen LogP) is 1.05.